The molecule has 1 aliphatic carbocycles. The largest absolute Gasteiger partial charge is 0.463 e. The van der Waals surface area contributed by atoms with Crippen molar-refractivity contribution in [1.29, 1.82) is 0 Å². The summed E-state index contributed by atoms with van der Waals surface area (Å²) in [5.74, 6) is -0.163. The van der Waals surface area contributed by atoms with Gasteiger partial charge in [0.05, 0.1) is 24.4 Å². The van der Waals surface area contributed by atoms with Crippen LogP contribution in [0.5, 0.6) is 0 Å². The molecule has 2 rings (SSSR count). The maximum absolute atomic E-state index is 11.5. The number of allylic oxidation sites excluding steroid dienone is 2. The van der Waals surface area contributed by atoms with Crippen molar-refractivity contribution in [3.8, 4) is 0 Å². The molecule has 1 saturated carbocycles. The van der Waals surface area contributed by atoms with E-state index in [4.69, 9.17) is 4.74 Å². The van der Waals surface area contributed by atoms with E-state index in [1.54, 1.807) is 0 Å². The second kappa shape index (κ2) is 12.9. The van der Waals surface area contributed by atoms with Crippen LogP contribution in [0.3, 0.4) is 0 Å². The van der Waals surface area contributed by atoms with Crippen LogP contribution in [-0.4, -0.2) is 45.7 Å². The molecule has 0 aromatic heterocycles. The third kappa shape index (κ3) is 8.58. The predicted octanol–water partition coefficient (Wildman–Crippen LogP) is 3.80. The Morgan fingerprint density at radius 3 is 2.53 bits per heavy atom. The number of esters is 1. The topological polar surface area (TPSA) is 87.0 Å². The number of aliphatic hydroxyl groups is 3. The Hall–Kier alpha value is -1.69. The molecule has 0 heterocycles. The van der Waals surface area contributed by atoms with E-state index in [9.17, 15) is 20.1 Å². The lowest BCUT2D eigenvalue weighted by atomic mass is 9.85. The summed E-state index contributed by atoms with van der Waals surface area (Å²) in [4.78, 5) is 11.5. The second-order valence-electron chi connectivity index (χ2n) is 8.76. The standard InChI is InChI=1S/C25H38O5/c1-18(2)30-25(29)13-9-4-3-8-12-21-22(24(28)17-23(21)27)15-14-20(26)16-19-10-6-5-7-11-19/h3,5-8,10-11,18,20-24,26-28H,4,9,12-17H2,1-2H3/t20?,21?,22-,23?,24?/m1/s1. The van der Waals surface area contributed by atoms with Crippen molar-refractivity contribution < 1.29 is 24.9 Å². The van der Waals surface area contributed by atoms with Gasteiger partial charge in [0.25, 0.3) is 0 Å². The fourth-order valence-corrected chi connectivity index (χ4v) is 4.34. The van der Waals surface area contributed by atoms with E-state index in [1.165, 1.54) is 0 Å². The van der Waals surface area contributed by atoms with E-state index in [-0.39, 0.29) is 23.9 Å². The number of hydrogen-bond acceptors (Lipinski definition) is 5. The van der Waals surface area contributed by atoms with Crippen LogP contribution in [-0.2, 0) is 16.0 Å². The van der Waals surface area contributed by atoms with Crippen LogP contribution in [0.25, 0.3) is 0 Å². The Labute approximate surface area is 180 Å². The number of carbonyl (C=O) groups is 1. The van der Waals surface area contributed by atoms with Crippen molar-refractivity contribution in [3.63, 3.8) is 0 Å². The minimum Gasteiger partial charge on any atom is -0.463 e. The lowest BCUT2D eigenvalue weighted by molar-refractivity contribution is -0.147. The molecule has 5 nitrogen and oxygen atoms in total. The number of hydrogen-bond donors (Lipinski definition) is 3. The second-order valence-corrected chi connectivity index (χ2v) is 8.76. The van der Waals surface area contributed by atoms with E-state index in [0.29, 0.717) is 38.5 Å². The van der Waals surface area contributed by atoms with Gasteiger partial charge in [-0.05, 0) is 76.2 Å². The summed E-state index contributed by atoms with van der Waals surface area (Å²) in [5, 5.41) is 31.1. The molecule has 1 fully saturated rings. The molecule has 5 atom stereocenters. The molecule has 0 bridgehead atoms. The van der Waals surface area contributed by atoms with E-state index >= 15 is 0 Å². The highest BCUT2D eigenvalue weighted by atomic mass is 16.5. The molecule has 168 valence electrons. The minimum absolute atomic E-state index is 0.00362. The van der Waals surface area contributed by atoms with E-state index < -0.39 is 18.3 Å². The summed E-state index contributed by atoms with van der Waals surface area (Å²) in [6.07, 6.45) is 7.51. The SMILES string of the molecule is CC(C)OC(=O)CCCC=CCC1C(O)CC(O)[C@@H]1CCC(O)Cc1ccccc1. The molecular weight excluding hydrogens is 380 g/mol. The van der Waals surface area contributed by atoms with Gasteiger partial charge in [-0.2, -0.15) is 0 Å². The lowest BCUT2D eigenvalue weighted by Crippen LogP contribution is -2.24. The average Bonchev–Trinajstić information content (AvgIpc) is 2.95. The number of carbonyl (C=O) groups excluding carboxylic acids is 1. The summed E-state index contributed by atoms with van der Waals surface area (Å²) in [6, 6.07) is 9.91. The molecule has 0 saturated heterocycles. The third-order valence-corrected chi connectivity index (χ3v) is 5.86. The van der Waals surface area contributed by atoms with Gasteiger partial charge in [-0.15, -0.1) is 0 Å². The normalized spacial score (nSPS) is 25.1. The fourth-order valence-electron chi connectivity index (χ4n) is 4.34. The quantitative estimate of drug-likeness (QED) is 0.273. The Morgan fingerprint density at radius 2 is 1.83 bits per heavy atom. The first-order chi connectivity index (χ1) is 14.4. The number of rotatable bonds is 12. The van der Waals surface area contributed by atoms with Gasteiger partial charge in [-0.3, -0.25) is 4.79 Å². The van der Waals surface area contributed by atoms with Crippen LogP contribution in [0.15, 0.2) is 42.5 Å². The number of unbranched alkanes of at least 4 members (excludes halogenated alkanes) is 1. The van der Waals surface area contributed by atoms with E-state index in [0.717, 1.165) is 18.4 Å². The Morgan fingerprint density at radius 1 is 1.13 bits per heavy atom. The highest BCUT2D eigenvalue weighted by molar-refractivity contribution is 5.69. The number of ether oxygens (including phenoxy) is 1. The van der Waals surface area contributed by atoms with Crippen molar-refractivity contribution in [3.05, 3.63) is 48.0 Å². The zero-order valence-corrected chi connectivity index (χ0v) is 18.3. The minimum atomic E-state index is -0.520. The van der Waals surface area contributed by atoms with Gasteiger partial charge in [0, 0.05) is 6.42 Å². The smallest absolute Gasteiger partial charge is 0.306 e. The van der Waals surface area contributed by atoms with Crippen molar-refractivity contribution in [1.82, 2.24) is 0 Å². The Kier molecular flexibility index (Phi) is 10.6. The van der Waals surface area contributed by atoms with Crippen LogP contribution in [0.4, 0.5) is 0 Å². The number of benzene rings is 1. The maximum atomic E-state index is 11.5. The van der Waals surface area contributed by atoms with Crippen LogP contribution in [0, 0.1) is 11.8 Å². The highest BCUT2D eigenvalue weighted by Crippen LogP contribution is 2.38. The van der Waals surface area contributed by atoms with Gasteiger partial charge in [0.2, 0.25) is 0 Å². The molecule has 1 aliphatic rings. The summed E-state index contributed by atoms with van der Waals surface area (Å²) >= 11 is 0. The molecule has 0 amide bonds. The third-order valence-electron chi connectivity index (χ3n) is 5.86. The van der Waals surface area contributed by atoms with Crippen molar-refractivity contribution in [2.24, 2.45) is 11.8 Å². The first-order valence-corrected chi connectivity index (χ1v) is 11.3. The van der Waals surface area contributed by atoms with Gasteiger partial charge in [-0.1, -0.05) is 42.5 Å². The van der Waals surface area contributed by atoms with Gasteiger partial charge in [0.15, 0.2) is 0 Å². The number of aliphatic hydroxyl groups excluding tert-OH is 3. The van der Waals surface area contributed by atoms with Gasteiger partial charge >= 0.3 is 5.97 Å². The van der Waals surface area contributed by atoms with Gasteiger partial charge in [0.1, 0.15) is 0 Å². The zero-order chi connectivity index (χ0) is 21.9. The average molecular weight is 419 g/mol. The van der Waals surface area contributed by atoms with Crippen LogP contribution < -0.4 is 0 Å². The monoisotopic (exact) mass is 418 g/mol. The molecule has 0 spiro atoms. The molecule has 3 N–H and O–H groups in total. The zero-order valence-electron chi connectivity index (χ0n) is 18.3. The van der Waals surface area contributed by atoms with Crippen LogP contribution in [0.1, 0.15) is 64.4 Å². The fraction of sp³-hybridized carbons (Fsp3) is 0.640. The summed E-state index contributed by atoms with van der Waals surface area (Å²) < 4.78 is 5.12. The Balaban J connectivity index is 1.73. The maximum Gasteiger partial charge on any atom is 0.306 e. The van der Waals surface area contributed by atoms with Crippen molar-refractivity contribution >= 4 is 5.97 Å². The Bertz CT molecular complexity index is 642. The molecule has 4 unspecified atom stereocenters. The molecule has 5 heteroatoms. The molecule has 0 aliphatic heterocycles. The summed E-state index contributed by atoms with van der Waals surface area (Å²) in [7, 11) is 0. The first kappa shape index (κ1) is 24.6. The molecular formula is C25H38O5. The molecule has 30 heavy (non-hydrogen) atoms. The molecule has 0 radical (unpaired) electrons. The van der Waals surface area contributed by atoms with Crippen molar-refractivity contribution in [2.75, 3.05) is 0 Å². The van der Waals surface area contributed by atoms with Crippen LogP contribution >= 0.6 is 0 Å². The summed E-state index contributed by atoms with van der Waals surface area (Å²) in [6.45, 7) is 3.69. The van der Waals surface area contributed by atoms with E-state index in [2.05, 4.69) is 0 Å². The van der Waals surface area contributed by atoms with E-state index in [1.807, 2.05) is 56.3 Å². The highest BCUT2D eigenvalue weighted by Gasteiger charge is 2.40. The van der Waals surface area contributed by atoms with Crippen molar-refractivity contribution in [2.45, 2.75) is 89.6 Å². The van der Waals surface area contributed by atoms with Gasteiger partial charge in [-0.25, -0.2) is 0 Å². The van der Waals surface area contributed by atoms with Crippen LogP contribution in [0.2, 0.25) is 0 Å². The lowest BCUT2D eigenvalue weighted by Gasteiger charge is -2.23. The predicted molar refractivity (Wildman–Crippen MR) is 118 cm³/mol. The molecule has 1 aromatic rings. The van der Waals surface area contributed by atoms with Gasteiger partial charge < -0.3 is 20.1 Å². The molecule has 1 aromatic carbocycles. The first-order valence-electron chi connectivity index (χ1n) is 11.3. The summed E-state index contributed by atoms with van der Waals surface area (Å²) in [5.41, 5.74) is 1.11.